The Morgan fingerprint density at radius 1 is 1.41 bits per heavy atom. The van der Waals surface area contributed by atoms with Crippen molar-refractivity contribution in [3.63, 3.8) is 0 Å². The molecule has 1 fully saturated rings. The molecule has 7 nitrogen and oxygen atoms in total. The van der Waals surface area contributed by atoms with E-state index in [9.17, 15) is 9.59 Å². The number of amides is 2. The Morgan fingerprint density at radius 2 is 2.00 bits per heavy atom. The lowest BCUT2D eigenvalue weighted by Gasteiger charge is -2.10. The predicted molar refractivity (Wildman–Crippen MR) is 61.3 cm³/mol. The van der Waals surface area contributed by atoms with Crippen molar-refractivity contribution >= 4 is 17.6 Å². The predicted octanol–water partition coefficient (Wildman–Crippen LogP) is -0.989. The number of hydrogen-bond donors (Lipinski definition) is 4. The van der Waals surface area contributed by atoms with Gasteiger partial charge in [0.05, 0.1) is 5.92 Å². The molecule has 1 unspecified atom stereocenters. The molecule has 1 atom stereocenters. The quantitative estimate of drug-likeness (QED) is 0.157. The lowest BCUT2D eigenvalue weighted by molar-refractivity contribution is -0.124. The Labute approximate surface area is 99.4 Å². The standard InChI is InChI=1S/C10H18N4O3/c1-6(8(11)14-17)9(15)12-4-5-13-10(16)7-2-3-7/h6-7,17H,2-5H2,1H3,(H2,11,14)(H,12,15)(H,13,16). The van der Waals surface area contributed by atoms with Crippen molar-refractivity contribution in [1.82, 2.24) is 10.6 Å². The first-order valence-corrected chi connectivity index (χ1v) is 5.59. The Bertz CT molecular complexity index is 326. The molecule has 1 rings (SSSR count). The van der Waals surface area contributed by atoms with Gasteiger partial charge in [0.2, 0.25) is 11.8 Å². The topological polar surface area (TPSA) is 117 Å². The zero-order valence-corrected chi connectivity index (χ0v) is 9.77. The first kappa shape index (κ1) is 13.3. The highest BCUT2D eigenvalue weighted by molar-refractivity contribution is 6.01. The van der Waals surface area contributed by atoms with Crippen molar-refractivity contribution in [1.29, 1.82) is 0 Å². The lowest BCUT2D eigenvalue weighted by atomic mass is 10.1. The summed E-state index contributed by atoms with van der Waals surface area (Å²) in [6.45, 7) is 2.26. The normalized spacial score (nSPS) is 17.4. The van der Waals surface area contributed by atoms with E-state index in [2.05, 4.69) is 15.8 Å². The van der Waals surface area contributed by atoms with E-state index < -0.39 is 5.92 Å². The second-order valence-corrected chi connectivity index (χ2v) is 4.10. The Morgan fingerprint density at radius 3 is 2.53 bits per heavy atom. The fourth-order valence-electron chi connectivity index (χ4n) is 1.24. The number of nitrogens with two attached hydrogens (primary N) is 1. The van der Waals surface area contributed by atoms with Gasteiger partial charge in [-0.25, -0.2) is 0 Å². The van der Waals surface area contributed by atoms with Gasteiger partial charge < -0.3 is 21.6 Å². The fourth-order valence-corrected chi connectivity index (χ4v) is 1.24. The number of carbonyl (C=O) groups excluding carboxylic acids is 2. The molecule has 1 saturated carbocycles. The average molecular weight is 242 g/mol. The molecule has 0 spiro atoms. The number of nitrogens with one attached hydrogen (secondary N) is 2. The van der Waals surface area contributed by atoms with Crippen molar-refractivity contribution < 1.29 is 14.8 Å². The third kappa shape index (κ3) is 4.29. The van der Waals surface area contributed by atoms with Crippen LogP contribution in [0.4, 0.5) is 0 Å². The fraction of sp³-hybridized carbons (Fsp3) is 0.700. The maximum absolute atomic E-state index is 11.4. The van der Waals surface area contributed by atoms with Gasteiger partial charge in [-0.15, -0.1) is 0 Å². The molecule has 1 aliphatic rings. The third-order valence-electron chi connectivity index (χ3n) is 2.62. The van der Waals surface area contributed by atoms with E-state index in [1.807, 2.05) is 0 Å². The molecule has 7 heteroatoms. The van der Waals surface area contributed by atoms with Gasteiger partial charge >= 0.3 is 0 Å². The smallest absolute Gasteiger partial charge is 0.230 e. The average Bonchev–Trinajstić information content (AvgIpc) is 3.16. The van der Waals surface area contributed by atoms with E-state index in [0.717, 1.165) is 12.8 Å². The van der Waals surface area contributed by atoms with E-state index in [4.69, 9.17) is 10.9 Å². The number of rotatable bonds is 6. The molecule has 96 valence electrons. The second kappa shape index (κ2) is 6.07. The molecule has 17 heavy (non-hydrogen) atoms. The minimum Gasteiger partial charge on any atom is -0.409 e. The Balaban J connectivity index is 2.13. The molecule has 0 aromatic rings. The van der Waals surface area contributed by atoms with Gasteiger partial charge in [-0.3, -0.25) is 9.59 Å². The molecular formula is C10H18N4O3. The summed E-state index contributed by atoms with van der Waals surface area (Å²) >= 11 is 0. The van der Waals surface area contributed by atoms with Crippen LogP contribution in [0, 0.1) is 11.8 Å². The van der Waals surface area contributed by atoms with Crippen LogP contribution in [0.5, 0.6) is 0 Å². The van der Waals surface area contributed by atoms with Gasteiger partial charge in [0.25, 0.3) is 0 Å². The van der Waals surface area contributed by atoms with Crippen LogP contribution >= 0.6 is 0 Å². The zero-order chi connectivity index (χ0) is 12.8. The molecule has 0 heterocycles. The Hall–Kier alpha value is -1.79. The van der Waals surface area contributed by atoms with Gasteiger partial charge in [-0.2, -0.15) is 0 Å². The van der Waals surface area contributed by atoms with Gasteiger partial charge in [0.15, 0.2) is 5.84 Å². The summed E-state index contributed by atoms with van der Waals surface area (Å²) in [6, 6.07) is 0. The molecule has 5 N–H and O–H groups in total. The van der Waals surface area contributed by atoms with Crippen LogP contribution in [0.2, 0.25) is 0 Å². The van der Waals surface area contributed by atoms with Crippen molar-refractivity contribution in [3.8, 4) is 0 Å². The first-order valence-electron chi connectivity index (χ1n) is 5.59. The summed E-state index contributed by atoms with van der Waals surface area (Å²) in [5.41, 5.74) is 5.29. The van der Waals surface area contributed by atoms with Gasteiger partial charge in [-0.05, 0) is 19.8 Å². The van der Waals surface area contributed by atoms with Crippen LogP contribution in [-0.2, 0) is 9.59 Å². The van der Waals surface area contributed by atoms with E-state index in [1.165, 1.54) is 6.92 Å². The maximum atomic E-state index is 11.4. The molecule has 0 aromatic carbocycles. The highest BCUT2D eigenvalue weighted by Gasteiger charge is 2.29. The molecule has 0 aromatic heterocycles. The highest BCUT2D eigenvalue weighted by atomic mass is 16.4. The minimum absolute atomic E-state index is 0.0451. The van der Waals surface area contributed by atoms with Gasteiger partial charge in [0, 0.05) is 19.0 Å². The van der Waals surface area contributed by atoms with Crippen molar-refractivity contribution in [3.05, 3.63) is 0 Å². The molecule has 2 amide bonds. The first-order chi connectivity index (χ1) is 8.06. The lowest BCUT2D eigenvalue weighted by Crippen LogP contribution is -2.41. The van der Waals surface area contributed by atoms with Gasteiger partial charge in [-0.1, -0.05) is 5.16 Å². The van der Waals surface area contributed by atoms with E-state index in [-0.39, 0.29) is 23.6 Å². The van der Waals surface area contributed by atoms with Crippen molar-refractivity contribution in [2.45, 2.75) is 19.8 Å². The number of amidine groups is 1. The van der Waals surface area contributed by atoms with Crippen LogP contribution < -0.4 is 16.4 Å². The monoisotopic (exact) mass is 242 g/mol. The molecule has 0 saturated heterocycles. The van der Waals surface area contributed by atoms with Crippen LogP contribution in [0.3, 0.4) is 0 Å². The van der Waals surface area contributed by atoms with Crippen LogP contribution in [-0.4, -0.2) is 35.9 Å². The van der Waals surface area contributed by atoms with E-state index in [0.29, 0.717) is 13.1 Å². The molecule has 0 bridgehead atoms. The second-order valence-electron chi connectivity index (χ2n) is 4.10. The maximum Gasteiger partial charge on any atom is 0.230 e. The third-order valence-corrected chi connectivity index (χ3v) is 2.62. The molecule has 0 radical (unpaired) electrons. The van der Waals surface area contributed by atoms with Crippen LogP contribution in [0.1, 0.15) is 19.8 Å². The molecule has 1 aliphatic carbocycles. The SMILES string of the molecule is CC(C(=O)NCCNC(=O)C1CC1)C(N)=NO. The molecular weight excluding hydrogens is 224 g/mol. The summed E-state index contributed by atoms with van der Waals surface area (Å²) < 4.78 is 0. The number of carbonyl (C=O) groups is 2. The Kier molecular flexibility index (Phi) is 4.74. The summed E-state index contributed by atoms with van der Waals surface area (Å²) in [5.74, 6) is -0.935. The van der Waals surface area contributed by atoms with Crippen LogP contribution in [0.15, 0.2) is 5.16 Å². The summed E-state index contributed by atoms with van der Waals surface area (Å²) in [5, 5.41) is 16.5. The minimum atomic E-state index is -0.681. The number of nitrogens with zero attached hydrogens (tertiary/aromatic N) is 1. The van der Waals surface area contributed by atoms with Crippen LogP contribution in [0.25, 0.3) is 0 Å². The van der Waals surface area contributed by atoms with Crippen molar-refractivity contribution in [2.24, 2.45) is 22.7 Å². The van der Waals surface area contributed by atoms with Gasteiger partial charge in [0.1, 0.15) is 0 Å². The summed E-state index contributed by atoms with van der Waals surface area (Å²) in [6.07, 6.45) is 1.91. The van der Waals surface area contributed by atoms with E-state index >= 15 is 0 Å². The number of oxime groups is 1. The summed E-state index contributed by atoms with van der Waals surface area (Å²) in [7, 11) is 0. The van der Waals surface area contributed by atoms with E-state index in [1.54, 1.807) is 0 Å². The highest BCUT2D eigenvalue weighted by Crippen LogP contribution is 2.28. The largest absolute Gasteiger partial charge is 0.409 e. The summed E-state index contributed by atoms with van der Waals surface area (Å²) in [4.78, 5) is 22.7. The van der Waals surface area contributed by atoms with Crippen molar-refractivity contribution in [2.75, 3.05) is 13.1 Å². The molecule has 0 aliphatic heterocycles. The number of hydrogen-bond acceptors (Lipinski definition) is 4. The zero-order valence-electron chi connectivity index (χ0n) is 9.77.